The summed E-state index contributed by atoms with van der Waals surface area (Å²) in [6, 6.07) is 0. The van der Waals surface area contributed by atoms with Gasteiger partial charge in [0, 0.05) is 12.1 Å². The molecule has 0 aromatic rings. The molecule has 0 aliphatic heterocycles. The third-order valence-electron chi connectivity index (χ3n) is 3.37. The first kappa shape index (κ1) is 25.2. The van der Waals surface area contributed by atoms with Crippen LogP contribution in [0, 0.1) is 0 Å². The summed E-state index contributed by atoms with van der Waals surface area (Å²) in [6.07, 6.45) is 2.29. The van der Waals surface area contributed by atoms with Crippen LogP contribution in [0.5, 0.6) is 0 Å². The molecule has 9 heteroatoms. The number of nitrogens with zero attached hydrogens (tertiary/aromatic N) is 1. The van der Waals surface area contributed by atoms with Gasteiger partial charge in [-0.2, -0.15) is 0 Å². The number of nitrogens with one attached hydrogen (secondary N) is 1. The predicted molar refractivity (Wildman–Crippen MR) is 99.5 cm³/mol. The van der Waals surface area contributed by atoms with Crippen LogP contribution in [0.25, 0.3) is 0 Å². The molecule has 0 aromatic carbocycles. The van der Waals surface area contributed by atoms with Crippen molar-refractivity contribution in [2.45, 2.75) is 39.2 Å². The zero-order valence-electron chi connectivity index (χ0n) is 16.8. The Hall–Kier alpha value is -0.760. The molecule has 0 spiro atoms. The lowest BCUT2D eigenvalue weighted by atomic mass is 10.2. The van der Waals surface area contributed by atoms with E-state index in [1.54, 1.807) is 0 Å². The van der Waals surface area contributed by atoms with Crippen LogP contribution in [-0.4, -0.2) is 70.5 Å². The molecule has 8 nitrogen and oxygen atoms in total. The third-order valence-corrected chi connectivity index (χ3v) is 4.42. The van der Waals surface area contributed by atoms with Gasteiger partial charge in [0.25, 0.3) is 7.82 Å². The topological polar surface area (TPSA) is 96.9 Å². The van der Waals surface area contributed by atoms with Crippen molar-refractivity contribution in [1.29, 1.82) is 0 Å². The first-order valence-electron chi connectivity index (χ1n) is 8.94. The minimum atomic E-state index is -4.49. The first-order valence-corrected chi connectivity index (χ1v) is 10.4. The van der Waals surface area contributed by atoms with E-state index < -0.39 is 19.9 Å². The van der Waals surface area contributed by atoms with Crippen LogP contribution in [0.3, 0.4) is 0 Å². The van der Waals surface area contributed by atoms with Gasteiger partial charge in [-0.1, -0.05) is 26.3 Å². The molecule has 2 atom stereocenters. The van der Waals surface area contributed by atoms with Gasteiger partial charge in [0.15, 0.2) is 0 Å². The highest BCUT2D eigenvalue weighted by molar-refractivity contribution is 7.45. The molecule has 0 aromatic heterocycles. The number of hydrogen-bond acceptors (Lipinski definition) is 7. The van der Waals surface area contributed by atoms with E-state index in [4.69, 9.17) is 13.8 Å². The van der Waals surface area contributed by atoms with Crippen LogP contribution in [-0.2, 0) is 23.1 Å². The van der Waals surface area contributed by atoms with Crippen LogP contribution in [0.2, 0.25) is 0 Å². The number of unbranched alkanes of at least 4 members (excludes halogenated alkanes) is 2. The summed E-state index contributed by atoms with van der Waals surface area (Å²) < 4.78 is 27.6. The fourth-order valence-corrected chi connectivity index (χ4v) is 2.69. The molecule has 0 saturated carbocycles. The van der Waals surface area contributed by atoms with Crippen molar-refractivity contribution >= 4 is 13.8 Å². The number of ether oxygens (including phenoxy) is 1. The summed E-state index contributed by atoms with van der Waals surface area (Å²) >= 11 is 0. The normalized spacial score (nSPS) is 15.3. The Bertz CT molecular complexity index is 478. The van der Waals surface area contributed by atoms with Crippen molar-refractivity contribution in [3.05, 3.63) is 12.2 Å². The van der Waals surface area contributed by atoms with Crippen molar-refractivity contribution in [3.63, 3.8) is 0 Å². The van der Waals surface area contributed by atoms with Gasteiger partial charge in [-0.15, -0.1) is 0 Å². The summed E-state index contributed by atoms with van der Waals surface area (Å²) in [4.78, 5) is 23.6. The van der Waals surface area contributed by atoms with Gasteiger partial charge in [-0.25, -0.2) is 4.79 Å². The number of carbonyl (C=O) groups excluding carboxylic acids is 1. The molecule has 0 amide bonds. The summed E-state index contributed by atoms with van der Waals surface area (Å²) in [5.41, 5.74) is 0.240. The van der Waals surface area contributed by atoms with Crippen LogP contribution in [0.4, 0.5) is 0 Å². The van der Waals surface area contributed by atoms with Gasteiger partial charge in [0.2, 0.25) is 0 Å². The van der Waals surface area contributed by atoms with Crippen LogP contribution in [0.1, 0.15) is 33.1 Å². The van der Waals surface area contributed by atoms with Crippen molar-refractivity contribution in [1.82, 2.24) is 5.32 Å². The molecule has 0 fully saturated rings. The first-order chi connectivity index (χ1) is 12.0. The smallest absolute Gasteiger partial charge is 0.333 e. The SMILES string of the molecule is C=C(C)C(=O)OCC(CNCCCCC)OP(=O)([O-])OCC[N+](C)(C)C. The van der Waals surface area contributed by atoms with Crippen molar-refractivity contribution in [2.24, 2.45) is 0 Å². The summed E-state index contributed by atoms with van der Waals surface area (Å²) in [6.45, 7) is 8.42. The molecule has 26 heavy (non-hydrogen) atoms. The number of phosphoric ester groups is 1. The van der Waals surface area contributed by atoms with Crippen LogP contribution < -0.4 is 10.2 Å². The lowest BCUT2D eigenvalue weighted by Crippen LogP contribution is -2.38. The fourth-order valence-electron chi connectivity index (χ4n) is 1.82. The quantitative estimate of drug-likeness (QED) is 0.148. The minimum absolute atomic E-state index is 0.0203. The van der Waals surface area contributed by atoms with Gasteiger partial charge >= 0.3 is 5.97 Å². The van der Waals surface area contributed by atoms with E-state index in [0.717, 1.165) is 25.8 Å². The predicted octanol–water partition coefficient (Wildman–Crippen LogP) is 1.46. The maximum atomic E-state index is 12.0. The second kappa shape index (κ2) is 12.6. The second-order valence-corrected chi connectivity index (χ2v) is 8.68. The van der Waals surface area contributed by atoms with Gasteiger partial charge in [-0.3, -0.25) is 4.57 Å². The molecule has 0 radical (unpaired) electrons. The van der Waals surface area contributed by atoms with Crippen molar-refractivity contribution in [3.8, 4) is 0 Å². The van der Waals surface area contributed by atoms with Crippen LogP contribution in [0.15, 0.2) is 12.2 Å². The van der Waals surface area contributed by atoms with Crippen LogP contribution >= 0.6 is 7.82 Å². The van der Waals surface area contributed by atoms with E-state index in [1.807, 2.05) is 21.1 Å². The zero-order valence-corrected chi connectivity index (χ0v) is 17.7. The Kier molecular flexibility index (Phi) is 12.2. The summed E-state index contributed by atoms with van der Waals surface area (Å²) in [5.74, 6) is -0.587. The highest BCUT2D eigenvalue weighted by Gasteiger charge is 2.21. The molecular weight excluding hydrogens is 359 g/mol. The molecule has 0 aliphatic rings. The van der Waals surface area contributed by atoms with E-state index in [9.17, 15) is 14.3 Å². The van der Waals surface area contributed by atoms with Crippen molar-refractivity contribution in [2.75, 3.05) is 54.0 Å². The Morgan fingerprint density at radius 1 is 1.31 bits per heavy atom. The lowest BCUT2D eigenvalue weighted by Gasteiger charge is -2.30. The molecule has 0 bridgehead atoms. The maximum absolute atomic E-state index is 12.0. The average Bonchev–Trinajstić information content (AvgIpc) is 2.49. The van der Waals surface area contributed by atoms with E-state index in [1.165, 1.54) is 6.92 Å². The molecule has 0 saturated heterocycles. The lowest BCUT2D eigenvalue weighted by molar-refractivity contribution is -0.870. The largest absolute Gasteiger partial charge is 0.756 e. The third kappa shape index (κ3) is 14.4. The second-order valence-electron chi connectivity index (χ2n) is 7.31. The van der Waals surface area contributed by atoms with Gasteiger partial charge in [0.1, 0.15) is 25.9 Å². The average molecular weight is 394 g/mol. The van der Waals surface area contributed by atoms with Gasteiger partial charge in [0.05, 0.1) is 21.1 Å². The van der Waals surface area contributed by atoms with E-state index in [2.05, 4.69) is 18.8 Å². The monoisotopic (exact) mass is 394 g/mol. The summed E-state index contributed by atoms with van der Waals surface area (Å²) in [5, 5.41) is 3.12. The fraction of sp³-hybridized carbons (Fsp3) is 0.824. The number of hydrogen-bond donors (Lipinski definition) is 1. The minimum Gasteiger partial charge on any atom is -0.756 e. The zero-order chi connectivity index (χ0) is 20.2. The molecule has 0 aliphatic carbocycles. The molecule has 154 valence electrons. The standard InChI is InChI=1S/C17H35N2O6P/c1-7-8-9-10-18-13-16(14-23-17(20)15(2)3)25-26(21,22)24-12-11-19(4,5)6/h16,18H,2,7-14H2,1,3-6H3. The number of rotatable bonds is 15. The van der Waals surface area contributed by atoms with E-state index in [-0.39, 0.29) is 25.3 Å². The van der Waals surface area contributed by atoms with Gasteiger partial charge in [-0.05, 0) is 19.9 Å². The van der Waals surface area contributed by atoms with Crippen molar-refractivity contribution < 1.29 is 32.5 Å². The Morgan fingerprint density at radius 3 is 2.50 bits per heavy atom. The molecule has 0 rings (SSSR count). The molecular formula is C17H35N2O6P. The Morgan fingerprint density at radius 2 is 1.96 bits per heavy atom. The number of phosphoric acid groups is 1. The van der Waals surface area contributed by atoms with Gasteiger partial charge < -0.3 is 28.5 Å². The molecule has 2 unspecified atom stereocenters. The number of esters is 1. The highest BCUT2D eigenvalue weighted by atomic mass is 31.2. The number of likely N-dealkylation sites (N-methyl/N-ethyl adjacent to an activating group) is 1. The maximum Gasteiger partial charge on any atom is 0.333 e. The highest BCUT2D eigenvalue weighted by Crippen LogP contribution is 2.39. The van der Waals surface area contributed by atoms with E-state index in [0.29, 0.717) is 11.0 Å². The van der Waals surface area contributed by atoms with E-state index >= 15 is 0 Å². The number of quaternary nitrogens is 1. The Balaban J connectivity index is 4.56. The summed E-state index contributed by atoms with van der Waals surface area (Å²) in [7, 11) is 1.30. The molecule has 1 N–H and O–H groups in total. The molecule has 0 heterocycles. The Labute approximate surface area is 157 Å². The number of carbonyl (C=O) groups is 1.